The average Bonchev–Trinajstić information content (AvgIpc) is 2.56. The Labute approximate surface area is 148 Å². The number of allylic oxidation sites excluding steroid dienone is 10. The highest BCUT2D eigenvalue weighted by Gasteiger charge is 1.90. The van der Waals surface area contributed by atoms with Crippen molar-refractivity contribution in [3.05, 3.63) is 60.8 Å². The molecule has 0 aromatic heterocycles. The van der Waals surface area contributed by atoms with Gasteiger partial charge in [-0.25, -0.2) is 0 Å². The minimum atomic E-state index is -0.738. The zero-order valence-corrected chi connectivity index (χ0v) is 15.2. The highest BCUT2D eigenvalue weighted by atomic mass is 16.4. The van der Waals surface area contributed by atoms with Crippen LogP contribution >= 0.6 is 0 Å². The summed E-state index contributed by atoms with van der Waals surface area (Å²) in [5.41, 5.74) is 0. The predicted molar refractivity (Wildman–Crippen MR) is 105 cm³/mol. The fourth-order valence-corrected chi connectivity index (χ4v) is 2.09. The smallest absolute Gasteiger partial charge is 0.303 e. The topological polar surface area (TPSA) is 37.3 Å². The number of aliphatic carboxylic acids is 1. The normalized spacial score (nSPS) is 12.7. The molecule has 1 N–H and O–H groups in total. The Balaban J connectivity index is 3.43. The maximum absolute atomic E-state index is 10.3. The number of rotatable bonds is 15. The van der Waals surface area contributed by atoms with Crippen LogP contribution in [0.4, 0.5) is 0 Å². The molecule has 0 aliphatic heterocycles. The van der Waals surface area contributed by atoms with Gasteiger partial charge in [-0.05, 0) is 51.4 Å². The molecule has 0 amide bonds. The summed E-state index contributed by atoms with van der Waals surface area (Å²) in [7, 11) is 0. The molecular formula is C22H34O2. The summed E-state index contributed by atoms with van der Waals surface area (Å²) >= 11 is 0. The van der Waals surface area contributed by atoms with Crippen molar-refractivity contribution in [2.75, 3.05) is 0 Å². The van der Waals surface area contributed by atoms with E-state index >= 15 is 0 Å². The minimum Gasteiger partial charge on any atom is -0.481 e. The Morgan fingerprint density at radius 3 is 2.00 bits per heavy atom. The van der Waals surface area contributed by atoms with Crippen LogP contribution in [0.25, 0.3) is 0 Å². The van der Waals surface area contributed by atoms with Gasteiger partial charge in [0.2, 0.25) is 0 Å². The summed E-state index contributed by atoms with van der Waals surface area (Å²) in [4.78, 5) is 10.3. The van der Waals surface area contributed by atoms with Crippen molar-refractivity contribution in [2.24, 2.45) is 0 Å². The monoisotopic (exact) mass is 330 g/mol. The molecule has 0 bridgehead atoms. The van der Waals surface area contributed by atoms with Crippen LogP contribution in [0.2, 0.25) is 0 Å². The van der Waals surface area contributed by atoms with Crippen molar-refractivity contribution >= 4 is 5.97 Å². The van der Waals surface area contributed by atoms with Crippen LogP contribution in [0, 0.1) is 0 Å². The molecule has 24 heavy (non-hydrogen) atoms. The van der Waals surface area contributed by atoms with E-state index in [0.717, 1.165) is 19.3 Å². The second-order valence-corrected chi connectivity index (χ2v) is 5.72. The number of carbonyl (C=O) groups is 1. The molecule has 0 spiro atoms. The third-order valence-electron chi connectivity index (χ3n) is 3.43. The van der Waals surface area contributed by atoms with Gasteiger partial charge in [0.1, 0.15) is 0 Å². The molecule has 0 fully saturated rings. The van der Waals surface area contributed by atoms with Gasteiger partial charge >= 0.3 is 5.97 Å². The highest BCUT2D eigenvalue weighted by Crippen LogP contribution is 2.04. The maximum Gasteiger partial charge on any atom is 0.303 e. The fourth-order valence-electron chi connectivity index (χ4n) is 2.09. The molecule has 134 valence electrons. The number of hydrogen-bond donors (Lipinski definition) is 1. The maximum atomic E-state index is 10.3. The van der Waals surface area contributed by atoms with E-state index in [1.165, 1.54) is 32.1 Å². The van der Waals surface area contributed by atoms with Crippen LogP contribution < -0.4 is 0 Å². The number of carboxylic acid groups (broad SMARTS) is 1. The molecule has 0 heterocycles. The first-order valence-corrected chi connectivity index (χ1v) is 9.25. The van der Waals surface area contributed by atoms with Crippen LogP contribution in [-0.4, -0.2) is 11.1 Å². The van der Waals surface area contributed by atoms with E-state index in [1.54, 1.807) is 0 Å². The lowest BCUT2D eigenvalue weighted by molar-refractivity contribution is -0.136. The molecule has 0 saturated heterocycles. The first-order chi connectivity index (χ1) is 11.8. The van der Waals surface area contributed by atoms with Crippen LogP contribution in [-0.2, 0) is 4.79 Å². The molecule has 2 heteroatoms. The Morgan fingerprint density at radius 2 is 1.29 bits per heavy atom. The minimum absolute atomic E-state index is 0.213. The van der Waals surface area contributed by atoms with Gasteiger partial charge in [-0.2, -0.15) is 0 Å². The Bertz CT molecular complexity index is 425. The second-order valence-electron chi connectivity index (χ2n) is 5.72. The zero-order valence-electron chi connectivity index (χ0n) is 15.2. The van der Waals surface area contributed by atoms with E-state index in [9.17, 15) is 4.79 Å². The molecule has 0 atom stereocenters. The summed E-state index contributed by atoms with van der Waals surface area (Å²) in [6.07, 6.45) is 31.4. The SMILES string of the molecule is CCC=CCCCCCC=CC=CCC=CCC=CCCC(=O)O. The molecule has 2 nitrogen and oxygen atoms in total. The van der Waals surface area contributed by atoms with Crippen molar-refractivity contribution in [1.82, 2.24) is 0 Å². The molecule has 0 saturated carbocycles. The summed E-state index contributed by atoms with van der Waals surface area (Å²) in [6, 6.07) is 0. The zero-order chi connectivity index (χ0) is 17.7. The van der Waals surface area contributed by atoms with E-state index < -0.39 is 5.97 Å². The number of unbranched alkanes of at least 4 members (excludes halogenated alkanes) is 4. The van der Waals surface area contributed by atoms with Crippen LogP contribution in [0.5, 0.6) is 0 Å². The molecular weight excluding hydrogens is 296 g/mol. The summed E-state index contributed by atoms with van der Waals surface area (Å²) in [5, 5.41) is 8.49. The van der Waals surface area contributed by atoms with Crippen LogP contribution in [0.15, 0.2) is 60.8 Å². The molecule has 0 aliphatic carbocycles. The van der Waals surface area contributed by atoms with Crippen molar-refractivity contribution in [1.29, 1.82) is 0 Å². The van der Waals surface area contributed by atoms with Crippen molar-refractivity contribution in [2.45, 2.75) is 71.1 Å². The van der Waals surface area contributed by atoms with Gasteiger partial charge in [-0.1, -0.05) is 74.1 Å². The van der Waals surface area contributed by atoms with Crippen LogP contribution in [0.3, 0.4) is 0 Å². The lowest BCUT2D eigenvalue weighted by Gasteiger charge is -1.94. The van der Waals surface area contributed by atoms with E-state index in [2.05, 4.69) is 55.5 Å². The van der Waals surface area contributed by atoms with Crippen molar-refractivity contribution < 1.29 is 9.90 Å². The third kappa shape index (κ3) is 20.2. The molecule has 0 aromatic rings. The van der Waals surface area contributed by atoms with Crippen molar-refractivity contribution in [3.8, 4) is 0 Å². The predicted octanol–water partition coefficient (Wildman–Crippen LogP) is 6.77. The van der Waals surface area contributed by atoms with E-state index in [-0.39, 0.29) is 6.42 Å². The molecule has 0 rings (SSSR count). The van der Waals surface area contributed by atoms with Crippen molar-refractivity contribution in [3.63, 3.8) is 0 Å². The van der Waals surface area contributed by atoms with Gasteiger partial charge in [0.05, 0.1) is 0 Å². The Kier molecular flexibility index (Phi) is 17.8. The summed E-state index contributed by atoms with van der Waals surface area (Å²) in [6.45, 7) is 2.17. The number of hydrogen-bond acceptors (Lipinski definition) is 1. The van der Waals surface area contributed by atoms with E-state index in [4.69, 9.17) is 5.11 Å². The largest absolute Gasteiger partial charge is 0.481 e. The van der Waals surface area contributed by atoms with E-state index in [1.807, 2.05) is 12.2 Å². The number of carboxylic acids is 1. The lowest BCUT2D eigenvalue weighted by Crippen LogP contribution is -1.91. The molecule has 0 aromatic carbocycles. The highest BCUT2D eigenvalue weighted by molar-refractivity contribution is 5.66. The quantitative estimate of drug-likeness (QED) is 0.204. The van der Waals surface area contributed by atoms with Gasteiger partial charge in [-0.3, -0.25) is 4.79 Å². The van der Waals surface area contributed by atoms with Gasteiger partial charge in [0.15, 0.2) is 0 Å². The summed E-state index contributed by atoms with van der Waals surface area (Å²) in [5.74, 6) is -0.738. The van der Waals surface area contributed by atoms with Gasteiger partial charge in [0, 0.05) is 6.42 Å². The second kappa shape index (κ2) is 19.2. The third-order valence-corrected chi connectivity index (χ3v) is 3.43. The Hall–Kier alpha value is -1.83. The lowest BCUT2D eigenvalue weighted by atomic mass is 10.1. The van der Waals surface area contributed by atoms with Gasteiger partial charge < -0.3 is 5.11 Å². The van der Waals surface area contributed by atoms with Gasteiger partial charge in [-0.15, -0.1) is 0 Å². The van der Waals surface area contributed by atoms with Gasteiger partial charge in [0.25, 0.3) is 0 Å². The molecule has 0 unspecified atom stereocenters. The molecule has 0 aliphatic rings. The summed E-state index contributed by atoms with van der Waals surface area (Å²) < 4.78 is 0. The van der Waals surface area contributed by atoms with E-state index in [0.29, 0.717) is 6.42 Å². The first-order valence-electron chi connectivity index (χ1n) is 9.25. The Morgan fingerprint density at radius 1 is 0.708 bits per heavy atom. The first kappa shape index (κ1) is 22.2. The average molecular weight is 331 g/mol. The fraction of sp³-hybridized carbons (Fsp3) is 0.500. The standard InChI is InChI=1S/C22H34O2/c1-2-3-4-5-6-7-8-9-10-11-12-13-14-15-16-17-18-19-20-21-22(23)24/h3-4,10-13,15-16,18-19H,2,5-9,14,17,20-21H2,1H3,(H,23,24). The molecule has 0 radical (unpaired) electrons. The van der Waals surface area contributed by atoms with Crippen LogP contribution in [0.1, 0.15) is 71.1 Å².